The van der Waals surface area contributed by atoms with Gasteiger partial charge in [0.2, 0.25) is 17.7 Å². The Bertz CT molecular complexity index is 3420. The predicted molar refractivity (Wildman–Crippen MR) is 255 cm³/mol. The summed E-state index contributed by atoms with van der Waals surface area (Å²) in [7, 11) is -11.8. The SMILES string of the molecule is CO[C@@H]1[C@H](OP(=O)(O)OC[C@H]2O[C@@H](n3ccc(=O)[nH]c3=O)[C@H](O)[C@@H]2O)[C@@H](COP(O)(=S)OP(=O)(O)OP(=O)(O)OC[C@H]2OC([n+]3cn(C)c4c(=O)[nH]c(N)nc43)[C@H](O)[C@@H]2CC(=O)N(C)C)O[C@H]1n1cnc2c(N)ncnc21. The number of phosphoric ester groups is 2. The van der Waals surface area contributed by atoms with Crippen molar-refractivity contribution in [1.82, 2.24) is 48.5 Å². The standard InChI is InChI=1S/C35H49N13O24P4S/c1-44(2)19(50)7-14-15(67-31(22(14)51)48-13-45(3)21-29(48)42-34(37)43-30(21)54)8-65-74(58,59)71-75(60,61)72-76(62,77)66-10-17-25(26(63-4)33(69-17)47-12-40-20-27(36)38-11-39-28(20)47)70-73(56,57)64-9-16-23(52)24(53)32(68-16)46-6-5-18(49)41-35(46)55/h5-6,11-17,22-26,31-33,51-53H,7-10H2,1-4H3,(H9-,36,37,38,39,41,42,43,49,54,55,56,57,58,59,60,61,62,77)/p+1/t14-,15-,16-,17-,22-,23-,24-,25-,26-,31?,32-,33-,76?/m1/s1. The molecule has 0 saturated carbocycles. The van der Waals surface area contributed by atoms with Crippen LogP contribution in [0.1, 0.15) is 25.1 Å². The number of aromatic nitrogens is 10. The monoisotopic (exact) mass is 1190 g/mol. The number of nitrogens with zero attached hydrogens (tertiary/aromatic N) is 9. The van der Waals surface area contributed by atoms with Crippen LogP contribution in [0.3, 0.4) is 0 Å². The van der Waals surface area contributed by atoms with Gasteiger partial charge in [0.1, 0.15) is 54.6 Å². The molecular formula is C35H50N13O24P4S+. The molecule has 5 unspecified atom stereocenters. The van der Waals surface area contributed by atoms with E-state index < -0.39 is 153 Å². The number of hydrogen-bond donors (Lipinski definition) is 11. The minimum absolute atomic E-state index is 0.00658. The Hall–Kier alpha value is -4.69. The van der Waals surface area contributed by atoms with Crippen LogP contribution in [0.15, 0.2) is 45.6 Å². The first-order chi connectivity index (χ1) is 36.0. The third kappa shape index (κ3) is 12.7. The molecule has 0 bridgehead atoms. The highest BCUT2D eigenvalue weighted by Gasteiger charge is 2.54. The number of aryl methyl sites for hydroxylation is 1. The molecule has 37 nitrogen and oxygen atoms in total. The van der Waals surface area contributed by atoms with E-state index in [1.807, 2.05) is 4.98 Å². The van der Waals surface area contributed by atoms with Crippen molar-refractivity contribution < 1.29 is 104 Å². The summed E-state index contributed by atoms with van der Waals surface area (Å²) in [4.78, 5) is 115. The molecule has 42 heteroatoms. The molecule has 1 amide bonds. The van der Waals surface area contributed by atoms with Crippen molar-refractivity contribution >= 4 is 82.0 Å². The van der Waals surface area contributed by atoms with Crippen LogP contribution in [0.25, 0.3) is 22.3 Å². The lowest BCUT2D eigenvalue weighted by Gasteiger charge is -2.26. The summed E-state index contributed by atoms with van der Waals surface area (Å²) < 4.78 is 97.8. The summed E-state index contributed by atoms with van der Waals surface area (Å²) in [5.74, 6) is -2.10. The van der Waals surface area contributed by atoms with E-state index in [2.05, 4.69) is 33.5 Å². The highest BCUT2D eigenvalue weighted by molar-refractivity contribution is 8.08. The van der Waals surface area contributed by atoms with E-state index in [1.54, 1.807) is 0 Å². The number of hydrogen-bond acceptors (Lipinski definition) is 27. The summed E-state index contributed by atoms with van der Waals surface area (Å²) in [6, 6.07) is 0.934. The van der Waals surface area contributed by atoms with Gasteiger partial charge in [-0.1, -0.05) is 4.98 Å². The zero-order chi connectivity index (χ0) is 56.3. The van der Waals surface area contributed by atoms with Crippen molar-refractivity contribution in [1.29, 1.82) is 0 Å². The van der Waals surface area contributed by atoms with E-state index in [0.717, 1.165) is 30.3 Å². The number of fused-ring (bicyclic) bond motifs is 2. The molecular weight excluding hydrogens is 1140 g/mol. The minimum atomic E-state index is -6.03. The second-order valence-corrected chi connectivity index (χ2v) is 24.8. The van der Waals surface area contributed by atoms with Crippen molar-refractivity contribution in [2.24, 2.45) is 13.0 Å². The van der Waals surface area contributed by atoms with Crippen LogP contribution in [0.2, 0.25) is 0 Å². The largest absolute Gasteiger partial charge is 0.488 e. The molecule has 5 aromatic rings. The maximum atomic E-state index is 13.6. The van der Waals surface area contributed by atoms with E-state index in [0.29, 0.717) is 0 Å². The number of phosphoric acid groups is 3. The lowest BCUT2D eigenvalue weighted by atomic mass is 9.94. The van der Waals surface area contributed by atoms with Crippen molar-refractivity contribution in [3.63, 3.8) is 0 Å². The van der Waals surface area contributed by atoms with Crippen LogP contribution in [0.5, 0.6) is 0 Å². The molecule has 13 N–H and O–H groups in total. The first-order valence-corrected chi connectivity index (χ1v) is 29.2. The number of imidazole rings is 2. The molecule has 5 aromatic heterocycles. The van der Waals surface area contributed by atoms with E-state index in [9.17, 15) is 67.8 Å². The third-order valence-electron chi connectivity index (χ3n) is 12.1. The van der Waals surface area contributed by atoms with Gasteiger partial charge in [0, 0.05) is 45.8 Å². The van der Waals surface area contributed by atoms with Crippen LogP contribution in [-0.2, 0) is 83.0 Å². The quantitative estimate of drug-likeness (QED) is 0.0246. The van der Waals surface area contributed by atoms with E-state index in [-0.39, 0.29) is 34.1 Å². The molecule has 3 saturated heterocycles. The molecule has 77 heavy (non-hydrogen) atoms. The molecule has 0 aliphatic carbocycles. The van der Waals surface area contributed by atoms with Gasteiger partial charge in [0.15, 0.2) is 30.2 Å². The maximum absolute atomic E-state index is 13.6. The lowest BCUT2D eigenvalue weighted by Crippen LogP contribution is -2.45. The molecule has 8 rings (SSSR count). The number of anilines is 2. The second-order valence-electron chi connectivity index (χ2n) is 17.4. The van der Waals surface area contributed by atoms with Gasteiger partial charge in [0.05, 0.1) is 39.3 Å². The van der Waals surface area contributed by atoms with Crippen LogP contribution in [0.4, 0.5) is 11.8 Å². The maximum Gasteiger partial charge on any atom is 0.488 e. The number of H-pyrrole nitrogens is 2. The topological polar surface area (TPSA) is 510 Å². The Morgan fingerprint density at radius 2 is 1.52 bits per heavy atom. The third-order valence-corrected chi connectivity index (χ3v) is 18.2. The van der Waals surface area contributed by atoms with Crippen molar-refractivity contribution in [2.75, 3.05) is 52.5 Å². The van der Waals surface area contributed by atoms with Crippen molar-refractivity contribution in [2.45, 2.75) is 73.9 Å². The Morgan fingerprint density at radius 3 is 2.21 bits per heavy atom. The molecule has 3 fully saturated rings. The molecule has 8 heterocycles. The number of carbonyl (C=O) groups is 1. The van der Waals surface area contributed by atoms with E-state index in [4.69, 9.17) is 60.3 Å². The predicted octanol–water partition coefficient (Wildman–Crippen LogP) is -4.03. The van der Waals surface area contributed by atoms with E-state index >= 15 is 0 Å². The number of nitrogens with two attached hydrogens (primary N) is 2. The van der Waals surface area contributed by atoms with Crippen LogP contribution in [0, 0.1) is 5.92 Å². The van der Waals surface area contributed by atoms with Crippen LogP contribution in [-0.4, -0.2) is 179 Å². The lowest BCUT2D eigenvalue weighted by molar-refractivity contribution is -0.745. The average molecular weight is 1190 g/mol. The summed E-state index contributed by atoms with van der Waals surface area (Å²) in [5, 5.41) is 32.8. The highest BCUT2D eigenvalue weighted by atomic mass is 32.5. The first kappa shape index (κ1) is 58.5. The van der Waals surface area contributed by atoms with Gasteiger partial charge >= 0.3 is 41.5 Å². The first-order valence-electron chi connectivity index (χ1n) is 22.1. The number of aliphatic hydroxyl groups excluding tert-OH is 3. The normalized spacial score (nSPS) is 29.8. The fraction of sp³-hybridized carbons (Fsp3) is 0.571. The van der Waals surface area contributed by atoms with Gasteiger partial charge < -0.3 is 74.7 Å². The summed E-state index contributed by atoms with van der Waals surface area (Å²) in [6.07, 6.45) is -13.7. The molecule has 3 aliphatic heterocycles. The van der Waals surface area contributed by atoms with Crippen molar-refractivity contribution in [3.8, 4) is 0 Å². The number of aromatic amines is 2. The number of rotatable bonds is 21. The van der Waals surface area contributed by atoms with Gasteiger partial charge in [-0.05, 0) is 11.8 Å². The van der Waals surface area contributed by atoms with Gasteiger partial charge in [-0.3, -0.25) is 51.6 Å². The van der Waals surface area contributed by atoms with Gasteiger partial charge in [-0.2, -0.15) is 4.31 Å². The number of ether oxygens (including phenoxy) is 4. The number of aliphatic hydroxyl groups is 3. The molecule has 424 valence electrons. The average Bonchev–Trinajstić information content (AvgIpc) is 4.13. The Morgan fingerprint density at radius 1 is 0.844 bits per heavy atom. The minimum Gasteiger partial charge on any atom is -0.387 e. The van der Waals surface area contributed by atoms with Gasteiger partial charge in [-0.25, -0.2) is 42.3 Å². The van der Waals surface area contributed by atoms with E-state index in [1.165, 1.54) is 52.4 Å². The Kier molecular flexibility index (Phi) is 17.0. The molecule has 0 radical (unpaired) electrons. The summed E-state index contributed by atoms with van der Waals surface area (Å²) in [6.45, 7) is -8.23. The zero-order valence-electron chi connectivity index (χ0n) is 40.1. The molecule has 3 aliphatic rings. The number of carbonyl (C=O) groups excluding carboxylic acids is 1. The number of amides is 1. The summed E-state index contributed by atoms with van der Waals surface area (Å²) in [5.41, 5.74) is 9.33. The highest BCUT2D eigenvalue weighted by Crippen LogP contribution is 2.68. The fourth-order valence-electron chi connectivity index (χ4n) is 8.51. The molecule has 0 aromatic carbocycles. The zero-order valence-corrected chi connectivity index (χ0v) is 44.5. The number of methoxy groups -OCH3 is 1. The van der Waals surface area contributed by atoms with Gasteiger partial charge in [-0.15, -0.1) is 0 Å². The smallest absolute Gasteiger partial charge is 0.387 e. The van der Waals surface area contributed by atoms with Crippen molar-refractivity contribution in [3.05, 3.63) is 62.4 Å². The number of nitrogens with one attached hydrogen (secondary N) is 2. The number of nitrogen functional groups attached to an aromatic ring is 2. The molecule has 16 atom stereocenters. The second kappa shape index (κ2) is 22.4. The van der Waals surface area contributed by atoms with Crippen LogP contribution < -0.4 is 32.8 Å². The Labute approximate surface area is 434 Å². The fourth-order valence-corrected chi connectivity index (χ4v) is 13.9. The van der Waals surface area contributed by atoms with Gasteiger partial charge in [0.25, 0.3) is 17.1 Å². The molecule has 0 spiro atoms. The van der Waals surface area contributed by atoms with Crippen LogP contribution >= 0.6 is 30.2 Å². The summed E-state index contributed by atoms with van der Waals surface area (Å²) >= 11 is 4.92. The Balaban J connectivity index is 0.951.